The molecule has 0 aliphatic heterocycles. The van der Waals surface area contributed by atoms with Gasteiger partial charge in [0.15, 0.2) is 11.6 Å². The quantitative estimate of drug-likeness (QED) is 0.424. The second kappa shape index (κ2) is 10.8. The Morgan fingerprint density at radius 3 is 2.34 bits per heavy atom. The maximum Gasteiger partial charge on any atom is 0.165 e. The third-order valence-electron chi connectivity index (χ3n) is 5.26. The Hall–Kier alpha value is -2.61. The van der Waals surface area contributed by atoms with Crippen LogP contribution < -0.4 is 9.47 Å². The first-order chi connectivity index (χ1) is 15.3. The molecular weight excluding hydrogens is 435 g/mol. The highest BCUT2D eigenvalue weighted by Gasteiger charge is 2.24. The van der Waals surface area contributed by atoms with Crippen molar-refractivity contribution >= 4 is 11.6 Å². The Morgan fingerprint density at radius 1 is 1.03 bits per heavy atom. The largest absolute Gasteiger partial charge is 0.491 e. The molecule has 0 aliphatic rings. The van der Waals surface area contributed by atoms with E-state index in [0.29, 0.717) is 12.3 Å². The summed E-state index contributed by atoms with van der Waals surface area (Å²) in [6.45, 7) is 4.50. The van der Waals surface area contributed by atoms with Gasteiger partial charge in [-0.2, -0.15) is 0 Å². The summed E-state index contributed by atoms with van der Waals surface area (Å²) < 4.78 is 27.3. The molecular formula is C24H28ClFN2O4. The Bertz CT molecular complexity index is 980. The number of benzene rings is 2. The van der Waals surface area contributed by atoms with Crippen molar-refractivity contribution in [3.63, 3.8) is 0 Å². The van der Waals surface area contributed by atoms with E-state index in [1.54, 1.807) is 29.4 Å². The molecule has 172 valence electrons. The van der Waals surface area contributed by atoms with Gasteiger partial charge in [0, 0.05) is 17.8 Å². The molecule has 2 N–H and O–H groups in total. The van der Waals surface area contributed by atoms with Crippen LogP contribution in [-0.2, 0) is 12.0 Å². The summed E-state index contributed by atoms with van der Waals surface area (Å²) in [6.07, 6.45) is 3.58. The number of aromatic nitrogens is 2. The van der Waals surface area contributed by atoms with Gasteiger partial charge in [0.1, 0.15) is 31.2 Å². The number of aliphatic hydroxyl groups is 2. The summed E-state index contributed by atoms with van der Waals surface area (Å²) in [4.78, 5) is 3.95. The normalized spacial score (nSPS) is 13.6. The first-order valence-electron chi connectivity index (χ1n) is 10.3. The standard InChI is InChI=1S/C24H28ClFN2O4/c1-24(2,18-5-8-23(22(26)11-18)32-14-19(29)12-25)17-3-6-21(7-4-17)31-15-20(30)13-28-10-9-27-16-28/h3-11,16,19-20,29-30H,12-15H2,1-2H3. The second-order valence-electron chi connectivity index (χ2n) is 8.14. The smallest absolute Gasteiger partial charge is 0.165 e. The monoisotopic (exact) mass is 462 g/mol. The predicted octanol–water partition coefficient (Wildman–Crippen LogP) is 3.77. The zero-order valence-corrected chi connectivity index (χ0v) is 18.9. The lowest BCUT2D eigenvalue weighted by molar-refractivity contribution is 0.0924. The molecule has 3 aromatic rings. The van der Waals surface area contributed by atoms with Gasteiger partial charge >= 0.3 is 0 Å². The molecule has 0 fully saturated rings. The van der Waals surface area contributed by atoms with Crippen molar-refractivity contribution < 1.29 is 24.1 Å². The van der Waals surface area contributed by atoms with E-state index >= 15 is 0 Å². The summed E-state index contributed by atoms with van der Waals surface area (Å²) in [5, 5.41) is 19.6. The molecule has 2 aromatic carbocycles. The topological polar surface area (TPSA) is 76.7 Å². The molecule has 0 bridgehead atoms. The highest BCUT2D eigenvalue weighted by molar-refractivity contribution is 6.18. The minimum Gasteiger partial charge on any atom is -0.491 e. The summed E-state index contributed by atoms with van der Waals surface area (Å²) in [5.41, 5.74) is 1.30. The van der Waals surface area contributed by atoms with Crippen molar-refractivity contribution in [1.82, 2.24) is 9.55 Å². The van der Waals surface area contributed by atoms with Crippen LogP contribution in [-0.4, -0.2) is 51.1 Å². The van der Waals surface area contributed by atoms with E-state index in [1.807, 2.05) is 44.2 Å². The fraction of sp³-hybridized carbons (Fsp3) is 0.375. The average molecular weight is 463 g/mol. The molecule has 6 nitrogen and oxygen atoms in total. The van der Waals surface area contributed by atoms with Crippen LogP contribution in [0.15, 0.2) is 61.2 Å². The van der Waals surface area contributed by atoms with Gasteiger partial charge in [0.05, 0.1) is 18.8 Å². The van der Waals surface area contributed by atoms with Gasteiger partial charge in [0.2, 0.25) is 0 Å². The van der Waals surface area contributed by atoms with Gasteiger partial charge in [-0.1, -0.05) is 32.0 Å². The first kappa shape index (κ1) is 24.0. The minimum atomic E-state index is -0.847. The van der Waals surface area contributed by atoms with Gasteiger partial charge < -0.3 is 24.3 Å². The van der Waals surface area contributed by atoms with Crippen molar-refractivity contribution in [2.24, 2.45) is 0 Å². The molecule has 0 saturated heterocycles. The first-order valence-corrected chi connectivity index (χ1v) is 10.9. The van der Waals surface area contributed by atoms with Crippen molar-refractivity contribution in [2.75, 3.05) is 19.1 Å². The number of ether oxygens (including phenoxy) is 2. The number of nitrogens with zero attached hydrogens (tertiary/aromatic N) is 2. The van der Waals surface area contributed by atoms with E-state index in [-0.39, 0.29) is 24.8 Å². The molecule has 1 aromatic heterocycles. The zero-order valence-electron chi connectivity index (χ0n) is 18.1. The second-order valence-corrected chi connectivity index (χ2v) is 8.45. The molecule has 32 heavy (non-hydrogen) atoms. The molecule has 0 saturated carbocycles. The molecule has 1 heterocycles. The molecule has 8 heteroatoms. The van der Waals surface area contributed by atoms with Crippen LogP contribution in [0, 0.1) is 5.82 Å². The maximum atomic E-state index is 14.5. The predicted molar refractivity (Wildman–Crippen MR) is 121 cm³/mol. The Morgan fingerprint density at radius 2 is 1.72 bits per heavy atom. The fourth-order valence-corrected chi connectivity index (χ4v) is 3.34. The summed E-state index contributed by atoms with van der Waals surface area (Å²) in [6, 6.07) is 12.3. The molecule has 0 radical (unpaired) electrons. The lowest BCUT2D eigenvalue weighted by atomic mass is 9.78. The van der Waals surface area contributed by atoms with Crippen LogP contribution in [0.25, 0.3) is 0 Å². The van der Waals surface area contributed by atoms with Crippen molar-refractivity contribution in [3.8, 4) is 11.5 Å². The van der Waals surface area contributed by atoms with E-state index in [0.717, 1.165) is 11.1 Å². The van der Waals surface area contributed by atoms with Crippen LogP contribution >= 0.6 is 11.6 Å². The van der Waals surface area contributed by atoms with E-state index in [2.05, 4.69) is 4.98 Å². The number of aliphatic hydroxyl groups excluding tert-OH is 2. The lowest BCUT2D eigenvalue weighted by Gasteiger charge is -2.27. The number of imidazole rings is 1. The molecule has 0 amide bonds. The van der Waals surface area contributed by atoms with Crippen LogP contribution in [0.3, 0.4) is 0 Å². The van der Waals surface area contributed by atoms with E-state index < -0.39 is 23.4 Å². The third-order valence-corrected chi connectivity index (χ3v) is 5.62. The third kappa shape index (κ3) is 6.22. The molecule has 3 rings (SSSR count). The van der Waals surface area contributed by atoms with Gasteiger partial charge in [-0.15, -0.1) is 11.6 Å². The Balaban J connectivity index is 1.62. The van der Waals surface area contributed by atoms with E-state index in [4.69, 9.17) is 21.1 Å². The highest BCUT2D eigenvalue weighted by atomic mass is 35.5. The number of hydrogen-bond acceptors (Lipinski definition) is 5. The average Bonchev–Trinajstić information content (AvgIpc) is 3.29. The number of rotatable bonds is 11. The highest BCUT2D eigenvalue weighted by Crippen LogP contribution is 2.34. The van der Waals surface area contributed by atoms with Crippen molar-refractivity contribution in [1.29, 1.82) is 0 Å². The van der Waals surface area contributed by atoms with Gasteiger partial charge in [-0.3, -0.25) is 0 Å². The van der Waals surface area contributed by atoms with Crippen LogP contribution in [0.1, 0.15) is 25.0 Å². The molecule has 2 atom stereocenters. The van der Waals surface area contributed by atoms with Crippen LogP contribution in [0.5, 0.6) is 11.5 Å². The van der Waals surface area contributed by atoms with Crippen LogP contribution in [0.2, 0.25) is 0 Å². The molecule has 0 aliphatic carbocycles. The van der Waals surface area contributed by atoms with Gasteiger partial charge in [0.25, 0.3) is 0 Å². The Kier molecular flexibility index (Phi) is 8.12. The lowest BCUT2D eigenvalue weighted by Crippen LogP contribution is -2.23. The van der Waals surface area contributed by atoms with Crippen LogP contribution in [0.4, 0.5) is 4.39 Å². The number of hydrogen-bond donors (Lipinski definition) is 2. The van der Waals surface area contributed by atoms with Gasteiger partial charge in [-0.05, 0) is 35.4 Å². The van der Waals surface area contributed by atoms with Gasteiger partial charge in [-0.25, -0.2) is 9.37 Å². The summed E-state index contributed by atoms with van der Waals surface area (Å²) in [7, 11) is 0. The zero-order chi connectivity index (χ0) is 23.1. The SMILES string of the molecule is CC(C)(c1ccc(OCC(O)Cn2ccnc2)cc1)c1ccc(OCC(O)CCl)c(F)c1. The molecule has 2 unspecified atom stereocenters. The Labute approximate surface area is 192 Å². The number of alkyl halides is 1. The minimum absolute atomic E-state index is 0.0238. The number of halogens is 2. The van der Waals surface area contributed by atoms with Crippen molar-refractivity contribution in [3.05, 3.63) is 78.1 Å². The van der Waals surface area contributed by atoms with E-state index in [1.165, 1.54) is 6.07 Å². The van der Waals surface area contributed by atoms with Crippen molar-refractivity contribution in [2.45, 2.75) is 38.0 Å². The molecule has 0 spiro atoms. The fourth-order valence-electron chi connectivity index (χ4n) is 3.25. The summed E-state index contributed by atoms with van der Waals surface area (Å²) in [5.74, 6) is 0.244. The summed E-state index contributed by atoms with van der Waals surface area (Å²) >= 11 is 5.54. The maximum absolute atomic E-state index is 14.5. The van der Waals surface area contributed by atoms with E-state index in [9.17, 15) is 14.6 Å².